The summed E-state index contributed by atoms with van der Waals surface area (Å²) >= 11 is 0. The van der Waals surface area contributed by atoms with Crippen molar-refractivity contribution in [2.24, 2.45) is 5.92 Å². The maximum Gasteiger partial charge on any atom is 0.226 e. The van der Waals surface area contributed by atoms with Crippen molar-refractivity contribution < 1.29 is 4.79 Å². The maximum atomic E-state index is 13.1. The van der Waals surface area contributed by atoms with Gasteiger partial charge in [0.05, 0.1) is 0 Å². The molecule has 1 aromatic carbocycles. The van der Waals surface area contributed by atoms with Gasteiger partial charge in [-0.05, 0) is 45.0 Å². The lowest BCUT2D eigenvalue weighted by Crippen LogP contribution is -2.46. The molecule has 1 amide bonds. The van der Waals surface area contributed by atoms with Crippen molar-refractivity contribution in [1.29, 1.82) is 0 Å². The number of halogens is 2. The Hall–Kier alpha value is -0.810. The smallest absolute Gasteiger partial charge is 0.226 e. The van der Waals surface area contributed by atoms with E-state index in [1.165, 1.54) is 5.56 Å². The van der Waals surface area contributed by atoms with Gasteiger partial charge in [0.25, 0.3) is 0 Å². The van der Waals surface area contributed by atoms with Crippen LogP contribution < -0.4 is 5.32 Å². The highest BCUT2D eigenvalue weighted by Gasteiger charge is 2.28. The van der Waals surface area contributed by atoms with Crippen LogP contribution in [0.5, 0.6) is 0 Å². The average Bonchev–Trinajstić information content (AvgIpc) is 2.62. The van der Waals surface area contributed by atoms with E-state index in [1.807, 2.05) is 6.07 Å². The molecule has 2 atom stereocenters. The van der Waals surface area contributed by atoms with Gasteiger partial charge in [0.15, 0.2) is 0 Å². The van der Waals surface area contributed by atoms with Crippen molar-refractivity contribution in [3.8, 4) is 0 Å². The summed E-state index contributed by atoms with van der Waals surface area (Å²) in [5.41, 5.74) is 1.22. The predicted molar refractivity (Wildman–Crippen MR) is 114 cm³/mol. The largest absolute Gasteiger partial charge is 0.337 e. The molecule has 0 bridgehead atoms. The van der Waals surface area contributed by atoms with Gasteiger partial charge in [-0.15, -0.1) is 24.8 Å². The van der Waals surface area contributed by atoms with Crippen molar-refractivity contribution in [3.63, 3.8) is 0 Å². The molecule has 0 saturated carbocycles. The number of likely N-dealkylation sites (N-methyl/N-ethyl adjacent to an activating group) is 1. The van der Waals surface area contributed by atoms with Crippen LogP contribution in [0.1, 0.15) is 39.2 Å². The Balaban J connectivity index is 0.00000312. The molecule has 0 unspecified atom stereocenters. The molecule has 6 heteroatoms. The topological polar surface area (TPSA) is 35.6 Å². The Labute approximate surface area is 171 Å². The van der Waals surface area contributed by atoms with Crippen molar-refractivity contribution in [1.82, 2.24) is 15.1 Å². The molecule has 1 saturated heterocycles. The maximum absolute atomic E-state index is 13.1. The van der Waals surface area contributed by atoms with E-state index in [2.05, 4.69) is 60.2 Å². The lowest BCUT2D eigenvalue weighted by atomic mass is 9.92. The minimum Gasteiger partial charge on any atom is -0.337 e. The SMILES string of the molecule is CCN(CC)CCN(Cc1ccccc1)C(=O)[C@H]1CCN[C@@H](C)C1.Cl.Cl. The number of nitrogens with one attached hydrogen (secondary N) is 1. The van der Waals surface area contributed by atoms with E-state index >= 15 is 0 Å². The summed E-state index contributed by atoms with van der Waals surface area (Å²) in [5, 5.41) is 3.44. The summed E-state index contributed by atoms with van der Waals surface area (Å²) in [6.07, 6.45) is 1.91. The second-order valence-corrected chi connectivity index (χ2v) is 6.85. The fourth-order valence-electron chi connectivity index (χ4n) is 3.49. The van der Waals surface area contributed by atoms with E-state index in [0.29, 0.717) is 11.9 Å². The van der Waals surface area contributed by atoms with Crippen molar-refractivity contribution in [3.05, 3.63) is 35.9 Å². The third-order valence-corrected chi connectivity index (χ3v) is 5.08. The Morgan fingerprint density at radius 2 is 1.77 bits per heavy atom. The first kappa shape index (κ1) is 25.2. The number of piperidine rings is 1. The highest BCUT2D eigenvalue weighted by Crippen LogP contribution is 2.20. The second kappa shape index (κ2) is 13.4. The van der Waals surface area contributed by atoms with E-state index in [-0.39, 0.29) is 30.7 Å². The van der Waals surface area contributed by atoms with Crippen LogP contribution in [0.2, 0.25) is 0 Å². The zero-order valence-electron chi connectivity index (χ0n) is 16.3. The molecule has 2 rings (SSSR count). The van der Waals surface area contributed by atoms with Gasteiger partial charge >= 0.3 is 0 Å². The van der Waals surface area contributed by atoms with Crippen LogP contribution in [0.4, 0.5) is 0 Å². The summed E-state index contributed by atoms with van der Waals surface area (Å²) in [6.45, 7) is 12.0. The fourth-order valence-corrected chi connectivity index (χ4v) is 3.49. The number of amides is 1. The van der Waals surface area contributed by atoms with Gasteiger partial charge in [-0.25, -0.2) is 0 Å². The summed E-state index contributed by atoms with van der Waals surface area (Å²) in [5.74, 6) is 0.501. The molecule has 4 nitrogen and oxygen atoms in total. The van der Waals surface area contributed by atoms with Gasteiger partial charge < -0.3 is 15.1 Å². The summed E-state index contributed by atoms with van der Waals surface area (Å²) in [6, 6.07) is 10.8. The van der Waals surface area contributed by atoms with Crippen LogP contribution in [0.15, 0.2) is 30.3 Å². The van der Waals surface area contributed by atoms with Crippen LogP contribution in [-0.4, -0.2) is 54.5 Å². The first-order valence-corrected chi connectivity index (χ1v) is 9.42. The van der Waals surface area contributed by atoms with E-state index in [4.69, 9.17) is 0 Å². The zero-order chi connectivity index (χ0) is 17.4. The van der Waals surface area contributed by atoms with Crippen molar-refractivity contribution in [2.75, 3.05) is 32.7 Å². The average molecular weight is 404 g/mol. The lowest BCUT2D eigenvalue weighted by molar-refractivity contribution is -0.137. The highest BCUT2D eigenvalue weighted by atomic mass is 35.5. The molecule has 0 radical (unpaired) electrons. The minimum atomic E-state index is 0. The van der Waals surface area contributed by atoms with Crippen molar-refractivity contribution >= 4 is 30.7 Å². The Morgan fingerprint density at radius 3 is 2.35 bits per heavy atom. The van der Waals surface area contributed by atoms with Crippen LogP contribution in [-0.2, 0) is 11.3 Å². The lowest BCUT2D eigenvalue weighted by Gasteiger charge is -2.33. The van der Waals surface area contributed by atoms with Gasteiger partial charge in [-0.1, -0.05) is 44.2 Å². The van der Waals surface area contributed by atoms with E-state index < -0.39 is 0 Å². The number of carbonyl (C=O) groups excluding carboxylic acids is 1. The molecule has 26 heavy (non-hydrogen) atoms. The molecule has 1 N–H and O–H groups in total. The molecule has 1 heterocycles. The second-order valence-electron chi connectivity index (χ2n) is 6.85. The number of rotatable bonds is 8. The van der Waals surface area contributed by atoms with Gasteiger partial charge in [-0.3, -0.25) is 4.79 Å². The summed E-state index contributed by atoms with van der Waals surface area (Å²) < 4.78 is 0. The molecule has 0 spiro atoms. The third kappa shape index (κ3) is 7.83. The molecular formula is C20H35Cl2N3O. The first-order chi connectivity index (χ1) is 11.6. The van der Waals surface area contributed by atoms with Crippen LogP contribution in [0.25, 0.3) is 0 Å². The quantitative estimate of drug-likeness (QED) is 0.719. The van der Waals surface area contributed by atoms with Gasteiger partial charge in [0.2, 0.25) is 5.91 Å². The molecular weight excluding hydrogens is 369 g/mol. The Bertz CT molecular complexity index is 497. The molecule has 0 aromatic heterocycles. The van der Waals surface area contributed by atoms with E-state index in [1.54, 1.807) is 0 Å². The van der Waals surface area contributed by atoms with Crippen molar-refractivity contribution in [2.45, 2.75) is 46.2 Å². The van der Waals surface area contributed by atoms with Crippen LogP contribution in [0.3, 0.4) is 0 Å². The fraction of sp³-hybridized carbons (Fsp3) is 0.650. The Morgan fingerprint density at radius 1 is 1.12 bits per heavy atom. The standard InChI is InChI=1S/C20H33N3O.2ClH/c1-4-22(5-2)13-14-23(16-18-9-7-6-8-10-18)20(24)19-11-12-21-17(3)15-19;;/h6-10,17,19,21H,4-5,11-16H2,1-3H3;2*1H/t17-,19-;;/m0../s1. The summed E-state index contributed by atoms with van der Waals surface area (Å²) in [7, 11) is 0. The number of nitrogens with zero attached hydrogens (tertiary/aromatic N) is 2. The van der Waals surface area contributed by atoms with Gasteiger partial charge in [-0.2, -0.15) is 0 Å². The predicted octanol–water partition coefficient (Wildman–Crippen LogP) is 3.59. The van der Waals surface area contributed by atoms with E-state index in [0.717, 1.165) is 52.1 Å². The molecule has 1 aliphatic rings. The summed E-state index contributed by atoms with van der Waals surface area (Å²) in [4.78, 5) is 17.6. The molecule has 1 aliphatic heterocycles. The van der Waals surface area contributed by atoms with E-state index in [9.17, 15) is 4.79 Å². The first-order valence-electron chi connectivity index (χ1n) is 9.42. The van der Waals surface area contributed by atoms with Gasteiger partial charge in [0.1, 0.15) is 0 Å². The number of hydrogen-bond donors (Lipinski definition) is 1. The number of hydrogen-bond acceptors (Lipinski definition) is 3. The third-order valence-electron chi connectivity index (χ3n) is 5.08. The molecule has 0 aliphatic carbocycles. The number of carbonyl (C=O) groups is 1. The highest BCUT2D eigenvalue weighted by molar-refractivity contribution is 5.85. The van der Waals surface area contributed by atoms with Gasteiger partial charge in [0, 0.05) is 31.6 Å². The molecule has 1 aromatic rings. The number of benzene rings is 1. The Kier molecular flexibility index (Phi) is 13.0. The molecule has 1 fully saturated rings. The molecule has 150 valence electrons. The van der Waals surface area contributed by atoms with Crippen LogP contribution >= 0.6 is 24.8 Å². The minimum absolute atomic E-state index is 0. The normalized spacial score (nSPS) is 19.4. The van der Waals surface area contributed by atoms with Crippen LogP contribution in [0, 0.1) is 5.92 Å². The zero-order valence-corrected chi connectivity index (χ0v) is 18.0. The monoisotopic (exact) mass is 403 g/mol.